The molecule has 1 aromatic carbocycles. The zero-order valence-electron chi connectivity index (χ0n) is 6.64. The van der Waals surface area contributed by atoms with Gasteiger partial charge < -0.3 is 0 Å². The van der Waals surface area contributed by atoms with Crippen LogP contribution in [-0.2, 0) is 5.11 Å². The van der Waals surface area contributed by atoms with Gasteiger partial charge in [0.2, 0.25) is 6.40 Å². The Balaban J connectivity index is 3.12. The summed E-state index contributed by atoms with van der Waals surface area (Å²) in [4.78, 5) is 24.5. The summed E-state index contributed by atoms with van der Waals surface area (Å²) in [6.45, 7) is 0. The minimum atomic E-state index is -0.697. The van der Waals surface area contributed by atoms with Crippen molar-refractivity contribution in [1.82, 2.24) is 0 Å². The highest BCUT2D eigenvalue weighted by atomic mass is 16.3. The Kier molecular flexibility index (Phi) is 2.92. The fourth-order valence-electron chi connectivity index (χ4n) is 0.912. The van der Waals surface area contributed by atoms with Crippen molar-refractivity contribution in [3.8, 4) is 0 Å². The van der Waals surface area contributed by atoms with Crippen LogP contribution in [0.5, 0.6) is 0 Å². The van der Waals surface area contributed by atoms with Crippen LogP contribution in [0.25, 0.3) is 0 Å². The van der Waals surface area contributed by atoms with E-state index in [1.54, 1.807) is 12.1 Å². The SMILES string of the molecule is [O]C=NC(=O)c1ccccc1C=O. The van der Waals surface area contributed by atoms with Gasteiger partial charge in [0, 0.05) is 5.56 Å². The zero-order valence-corrected chi connectivity index (χ0v) is 6.64. The number of carbonyl (C=O) groups excluding carboxylic acids is 2. The van der Waals surface area contributed by atoms with Gasteiger partial charge in [-0.05, 0) is 6.07 Å². The highest BCUT2D eigenvalue weighted by Gasteiger charge is 2.07. The smallest absolute Gasteiger partial charge is 0.280 e. The Morgan fingerprint density at radius 1 is 1.31 bits per heavy atom. The molecule has 0 bridgehead atoms. The minimum Gasteiger partial charge on any atom is -0.298 e. The molecule has 0 N–H and O–H groups in total. The summed E-state index contributed by atoms with van der Waals surface area (Å²) in [6.07, 6.45) is 0.706. The van der Waals surface area contributed by atoms with E-state index < -0.39 is 5.91 Å². The van der Waals surface area contributed by atoms with Crippen LogP contribution in [0.1, 0.15) is 20.7 Å². The number of benzene rings is 1. The van der Waals surface area contributed by atoms with E-state index in [4.69, 9.17) is 0 Å². The standard InChI is InChI=1S/C9H6NO3/c11-5-7-3-1-2-4-8(7)9(13)10-6-12/h1-6H. The Bertz CT molecular complexity index is 358. The number of carbonyl (C=O) groups is 2. The molecule has 1 radical (unpaired) electrons. The molecule has 0 aliphatic rings. The number of nitrogens with zero attached hydrogens (tertiary/aromatic N) is 1. The van der Waals surface area contributed by atoms with Gasteiger partial charge in [0.15, 0.2) is 6.29 Å². The maximum atomic E-state index is 11.1. The van der Waals surface area contributed by atoms with Crippen molar-refractivity contribution in [3.63, 3.8) is 0 Å². The molecule has 1 aromatic rings. The summed E-state index contributed by atoms with van der Waals surface area (Å²) < 4.78 is 0. The lowest BCUT2D eigenvalue weighted by Gasteiger charge is -1.96. The van der Waals surface area contributed by atoms with Crippen molar-refractivity contribution in [2.75, 3.05) is 0 Å². The van der Waals surface area contributed by atoms with Crippen molar-refractivity contribution in [1.29, 1.82) is 0 Å². The first-order chi connectivity index (χ1) is 6.29. The second-order valence-corrected chi connectivity index (χ2v) is 2.24. The van der Waals surface area contributed by atoms with Crippen LogP contribution >= 0.6 is 0 Å². The van der Waals surface area contributed by atoms with Crippen molar-refractivity contribution in [2.45, 2.75) is 0 Å². The van der Waals surface area contributed by atoms with E-state index in [-0.39, 0.29) is 17.5 Å². The Morgan fingerprint density at radius 3 is 2.62 bits per heavy atom. The van der Waals surface area contributed by atoms with E-state index in [0.29, 0.717) is 6.29 Å². The second kappa shape index (κ2) is 4.15. The lowest BCUT2D eigenvalue weighted by Crippen LogP contribution is -1.99. The Labute approximate surface area is 74.5 Å². The Morgan fingerprint density at radius 2 is 2.00 bits per heavy atom. The van der Waals surface area contributed by atoms with Gasteiger partial charge in [-0.2, -0.15) is 4.99 Å². The summed E-state index contributed by atoms with van der Waals surface area (Å²) in [5, 5.41) is 9.91. The van der Waals surface area contributed by atoms with Gasteiger partial charge in [-0.1, -0.05) is 18.2 Å². The molecule has 0 atom stereocenters. The lowest BCUT2D eigenvalue weighted by molar-refractivity contribution is 0.0994. The van der Waals surface area contributed by atoms with Gasteiger partial charge in [-0.3, -0.25) is 14.7 Å². The van der Waals surface area contributed by atoms with Crippen LogP contribution in [0.4, 0.5) is 0 Å². The van der Waals surface area contributed by atoms with E-state index in [1.807, 2.05) is 0 Å². The molecule has 0 saturated heterocycles. The molecule has 65 valence electrons. The Hall–Kier alpha value is -1.97. The molecule has 0 fully saturated rings. The molecule has 1 amide bonds. The first kappa shape index (κ1) is 9.12. The number of hydrogen-bond acceptors (Lipinski definition) is 2. The minimum absolute atomic E-state index is 0.143. The predicted octanol–water partition coefficient (Wildman–Crippen LogP) is 1.10. The first-order valence-corrected chi connectivity index (χ1v) is 3.52. The van der Waals surface area contributed by atoms with Crippen LogP contribution in [0.2, 0.25) is 0 Å². The van der Waals surface area contributed by atoms with E-state index in [0.717, 1.165) is 0 Å². The van der Waals surface area contributed by atoms with Gasteiger partial charge in [-0.25, -0.2) is 0 Å². The van der Waals surface area contributed by atoms with Crippen molar-refractivity contribution < 1.29 is 14.7 Å². The van der Waals surface area contributed by atoms with Gasteiger partial charge in [0.05, 0.1) is 5.56 Å². The molecule has 0 aromatic heterocycles. The third kappa shape index (κ3) is 1.99. The van der Waals surface area contributed by atoms with Crippen LogP contribution < -0.4 is 0 Å². The molecule has 0 unspecified atom stereocenters. The number of amides is 1. The van der Waals surface area contributed by atoms with E-state index in [2.05, 4.69) is 4.99 Å². The van der Waals surface area contributed by atoms with Gasteiger partial charge in [0.25, 0.3) is 5.91 Å². The van der Waals surface area contributed by atoms with Crippen molar-refractivity contribution in [2.24, 2.45) is 4.99 Å². The van der Waals surface area contributed by atoms with Crippen LogP contribution in [0.15, 0.2) is 29.3 Å². The average Bonchev–Trinajstić information content (AvgIpc) is 2.18. The third-order valence-electron chi connectivity index (χ3n) is 1.49. The summed E-state index contributed by atoms with van der Waals surface area (Å²) in [5.74, 6) is -0.697. The van der Waals surface area contributed by atoms with E-state index in [9.17, 15) is 14.7 Å². The molecule has 13 heavy (non-hydrogen) atoms. The first-order valence-electron chi connectivity index (χ1n) is 3.52. The van der Waals surface area contributed by atoms with Gasteiger partial charge >= 0.3 is 0 Å². The maximum absolute atomic E-state index is 11.1. The van der Waals surface area contributed by atoms with Gasteiger partial charge in [0.1, 0.15) is 0 Å². The van der Waals surface area contributed by atoms with Crippen LogP contribution in [0, 0.1) is 0 Å². The molecule has 4 heteroatoms. The largest absolute Gasteiger partial charge is 0.298 e. The van der Waals surface area contributed by atoms with E-state index >= 15 is 0 Å². The number of rotatable bonds is 2. The molecule has 0 heterocycles. The summed E-state index contributed by atoms with van der Waals surface area (Å²) >= 11 is 0. The average molecular weight is 176 g/mol. The second-order valence-electron chi connectivity index (χ2n) is 2.24. The molecular weight excluding hydrogens is 170 g/mol. The van der Waals surface area contributed by atoms with Crippen molar-refractivity contribution in [3.05, 3.63) is 35.4 Å². The summed E-state index contributed by atoms with van der Waals surface area (Å²) in [6, 6.07) is 6.15. The topological polar surface area (TPSA) is 66.4 Å². The van der Waals surface area contributed by atoms with Crippen LogP contribution in [-0.4, -0.2) is 18.6 Å². The monoisotopic (exact) mass is 176 g/mol. The number of aldehydes is 1. The molecule has 0 aliphatic heterocycles. The molecule has 0 saturated carbocycles. The van der Waals surface area contributed by atoms with Crippen molar-refractivity contribution >= 4 is 18.6 Å². The fraction of sp³-hybridized carbons (Fsp3) is 0. The fourth-order valence-corrected chi connectivity index (χ4v) is 0.912. The molecule has 0 spiro atoms. The normalized spacial score (nSPS) is 10.2. The molecular formula is C9H6NO3. The molecule has 4 nitrogen and oxygen atoms in total. The molecule has 0 aliphatic carbocycles. The summed E-state index contributed by atoms with van der Waals surface area (Å²) in [7, 11) is 0. The van der Waals surface area contributed by atoms with Crippen LogP contribution in [0.3, 0.4) is 0 Å². The maximum Gasteiger partial charge on any atom is 0.280 e. The number of hydrogen-bond donors (Lipinski definition) is 0. The molecule has 1 rings (SSSR count). The van der Waals surface area contributed by atoms with E-state index in [1.165, 1.54) is 12.1 Å². The third-order valence-corrected chi connectivity index (χ3v) is 1.49. The zero-order chi connectivity index (χ0) is 9.68. The number of aliphatic imine (C=N–C) groups is 1. The quantitative estimate of drug-likeness (QED) is 0.384. The highest BCUT2D eigenvalue weighted by molar-refractivity contribution is 6.03. The predicted molar refractivity (Wildman–Crippen MR) is 45.3 cm³/mol. The highest BCUT2D eigenvalue weighted by Crippen LogP contribution is 2.07. The lowest BCUT2D eigenvalue weighted by atomic mass is 10.1. The summed E-state index contributed by atoms with van der Waals surface area (Å²) in [5.41, 5.74) is 0.378. The van der Waals surface area contributed by atoms with Gasteiger partial charge in [-0.15, -0.1) is 0 Å².